The Labute approximate surface area is 213 Å². The molecule has 0 spiro atoms. The molecule has 1 aliphatic rings. The highest BCUT2D eigenvalue weighted by Crippen LogP contribution is 2.30. The molecule has 7 nitrogen and oxygen atoms in total. The van der Waals surface area contributed by atoms with E-state index in [1.807, 2.05) is 98.1 Å². The Bertz CT molecular complexity index is 1530. The molecule has 2 amide bonds. The van der Waals surface area contributed by atoms with E-state index in [1.54, 1.807) is 4.68 Å². The number of nitrogens with zero attached hydrogens (tertiary/aromatic N) is 4. The number of benzene rings is 3. The monoisotopic (exact) mass is 495 g/mol. The number of anilines is 2. The highest BCUT2D eigenvalue weighted by Gasteiger charge is 2.35. The Morgan fingerprint density at radius 1 is 1.00 bits per heavy atom. The minimum absolute atomic E-state index is 0.116. The topological polar surface area (TPSA) is 79.1 Å². The van der Waals surface area contributed by atoms with Crippen LogP contribution < -0.4 is 15.0 Å². The van der Waals surface area contributed by atoms with Gasteiger partial charge in [-0.15, -0.1) is 11.3 Å². The summed E-state index contributed by atoms with van der Waals surface area (Å²) in [4.78, 5) is 33.3. The first kappa shape index (κ1) is 23.4. The van der Waals surface area contributed by atoms with E-state index in [-0.39, 0.29) is 24.1 Å². The van der Waals surface area contributed by atoms with Crippen LogP contribution in [0.3, 0.4) is 0 Å². The van der Waals surface area contributed by atoms with Crippen LogP contribution in [0.1, 0.15) is 18.1 Å². The number of carbonyl (C=O) groups is 2. The van der Waals surface area contributed by atoms with Gasteiger partial charge in [0.15, 0.2) is 5.71 Å². The molecule has 1 N–H and O–H groups in total. The average Bonchev–Trinajstić information content (AvgIpc) is 3.39. The molecule has 36 heavy (non-hydrogen) atoms. The molecule has 0 saturated carbocycles. The number of carbonyl (C=O) groups excluding carboxylic acids is 2. The van der Waals surface area contributed by atoms with E-state index in [4.69, 9.17) is 5.10 Å². The Balaban J connectivity index is 1.52. The van der Waals surface area contributed by atoms with Crippen molar-refractivity contribution >= 4 is 40.2 Å². The summed E-state index contributed by atoms with van der Waals surface area (Å²) < 4.78 is 1.73. The third-order valence-electron chi connectivity index (χ3n) is 5.75. The molecule has 2 heterocycles. The minimum atomic E-state index is -0.323. The molecule has 0 radical (unpaired) electrons. The standard InChI is InChI=1S/C28H25N5O2S/c1-3-29-28-33(24(18-36-28)20-11-5-4-6-12-20)31-26-22-14-7-8-15-23(22)32(27(26)35)17-25(34)30-21-13-9-10-19(2)16-21/h4-16,18H,3,17H2,1-2H3,(H,30,34). The summed E-state index contributed by atoms with van der Waals surface area (Å²) in [5.74, 6) is -0.601. The first-order valence-electron chi connectivity index (χ1n) is 11.7. The predicted octanol–water partition coefficient (Wildman–Crippen LogP) is 4.68. The van der Waals surface area contributed by atoms with Crippen molar-refractivity contribution in [1.29, 1.82) is 0 Å². The third-order valence-corrected chi connectivity index (χ3v) is 6.60. The summed E-state index contributed by atoms with van der Waals surface area (Å²) in [6, 6.07) is 24.9. The van der Waals surface area contributed by atoms with E-state index >= 15 is 0 Å². The highest BCUT2D eigenvalue weighted by atomic mass is 32.1. The molecule has 180 valence electrons. The second-order valence-corrected chi connectivity index (χ2v) is 9.17. The molecule has 3 aromatic carbocycles. The number of thiazole rings is 1. The Morgan fingerprint density at radius 2 is 1.78 bits per heavy atom. The Morgan fingerprint density at radius 3 is 2.56 bits per heavy atom. The number of aromatic nitrogens is 1. The zero-order chi connectivity index (χ0) is 25.1. The fraction of sp³-hybridized carbons (Fsp3) is 0.143. The second kappa shape index (κ2) is 10.1. The van der Waals surface area contributed by atoms with Crippen LogP contribution >= 0.6 is 11.3 Å². The van der Waals surface area contributed by atoms with E-state index in [1.165, 1.54) is 16.2 Å². The van der Waals surface area contributed by atoms with Gasteiger partial charge in [-0.05, 0) is 37.6 Å². The van der Waals surface area contributed by atoms with Crippen LogP contribution in [-0.4, -0.2) is 35.3 Å². The molecule has 0 atom stereocenters. The lowest BCUT2D eigenvalue weighted by molar-refractivity contribution is -0.118. The van der Waals surface area contributed by atoms with Crippen molar-refractivity contribution in [3.05, 3.63) is 100 Å². The van der Waals surface area contributed by atoms with Gasteiger partial charge in [-0.1, -0.05) is 60.7 Å². The van der Waals surface area contributed by atoms with Crippen LogP contribution in [0.15, 0.2) is 94.3 Å². The van der Waals surface area contributed by atoms with Crippen LogP contribution in [0.4, 0.5) is 11.4 Å². The van der Waals surface area contributed by atoms with Crippen molar-refractivity contribution in [3.63, 3.8) is 0 Å². The molecule has 0 aliphatic carbocycles. The van der Waals surface area contributed by atoms with Gasteiger partial charge in [0.1, 0.15) is 6.54 Å². The number of para-hydroxylation sites is 1. The van der Waals surface area contributed by atoms with Crippen LogP contribution in [0.2, 0.25) is 0 Å². The quantitative estimate of drug-likeness (QED) is 0.421. The molecule has 0 saturated heterocycles. The number of aryl methyl sites for hydroxylation is 1. The largest absolute Gasteiger partial charge is 0.325 e. The average molecular weight is 496 g/mol. The van der Waals surface area contributed by atoms with Gasteiger partial charge in [0.2, 0.25) is 10.7 Å². The van der Waals surface area contributed by atoms with Crippen molar-refractivity contribution in [2.24, 2.45) is 10.1 Å². The first-order valence-corrected chi connectivity index (χ1v) is 12.6. The van der Waals surface area contributed by atoms with Gasteiger partial charge >= 0.3 is 0 Å². The normalized spacial score (nSPS) is 14.4. The fourth-order valence-corrected chi connectivity index (χ4v) is 5.02. The van der Waals surface area contributed by atoms with Gasteiger partial charge in [0, 0.05) is 28.7 Å². The van der Waals surface area contributed by atoms with Gasteiger partial charge in [-0.3, -0.25) is 19.5 Å². The number of amides is 2. The maximum atomic E-state index is 13.6. The molecule has 5 rings (SSSR count). The smallest absolute Gasteiger partial charge is 0.279 e. The van der Waals surface area contributed by atoms with Gasteiger partial charge in [0.05, 0.1) is 11.4 Å². The number of rotatable bonds is 6. The number of fused-ring (bicyclic) bond motifs is 1. The lowest BCUT2D eigenvalue weighted by Gasteiger charge is -2.16. The van der Waals surface area contributed by atoms with E-state index < -0.39 is 0 Å². The van der Waals surface area contributed by atoms with E-state index in [0.29, 0.717) is 28.3 Å². The van der Waals surface area contributed by atoms with E-state index in [2.05, 4.69) is 10.3 Å². The van der Waals surface area contributed by atoms with Crippen molar-refractivity contribution in [3.8, 4) is 11.3 Å². The molecule has 8 heteroatoms. The maximum Gasteiger partial charge on any atom is 0.279 e. The van der Waals surface area contributed by atoms with Gasteiger partial charge < -0.3 is 5.32 Å². The first-order chi connectivity index (χ1) is 17.5. The van der Waals surface area contributed by atoms with Gasteiger partial charge in [-0.2, -0.15) is 5.10 Å². The van der Waals surface area contributed by atoms with Crippen LogP contribution in [0.5, 0.6) is 0 Å². The highest BCUT2D eigenvalue weighted by molar-refractivity contribution is 7.07. The lowest BCUT2D eigenvalue weighted by atomic mass is 10.1. The van der Waals surface area contributed by atoms with Crippen molar-refractivity contribution in [2.75, 3.05) is 23.3 Å². The lowest BCUT2D eigenvalue weighted by Crippen LogP contribution is -2.37. The molecular formula is C28H25N5O2S. The molecule has 0 bridgehead atoms. The predicted molar refractivity (Wildman–Crippen MR) is 144 cm³/mol. The minimum Gasteiger partial charge on any atom is -0.325 e. The number of hydrogen-bond acceptors (Lipinski definition) is 5. The fourth-order valence-electron chi connectivity index (χ4n) is 4.13. The van der Waals surface area contributed by atoms with Crippen molar-refractivity contribution in [1.82, 2.24) is 4.68 Å². The zero-order valence-corrected chi connectivity index (χ0v) is 20.8. The Hall–Kier alpha value is -4.30. The molecular weight excluding hydrogens is 470 g/mol. The summed E-state index contributed by atoms with van der Waals surface area (Å²) in [5.41, 5.74) is 5.19. The maximum absolute atomic E-state index is 13.6. The van der Waals surface area contributed by atoms with Gasteiger partial charge in [-0.25, -0.2) is 4.68 Å². The summed E-state index contributed by atoms with van der Waals surface area (Å²) in [6.45, 7) is 4.40. The van der Waals surface area contributed by atoms with Crippen molar-refractivity contribution in [2.45, 2.75) is 13.8 Å². The number of nitrogens with one attached hydrogen (secondary N) is 1. The SMILES string of the molecule is CCN=c1scc(-c2ccccc2)n1N=C1C(=O)N(CC(=O)Nc2cccc(C)c2)c2ccccc21. The molecule has 4 aromatic rings. The van der Waals surface area contributed by atoms with Crippen molar-refractivity contribution < 1.29 is 9.59 Å². The van der Waals surface area contributed by atoms with Crippen LogP contribution in [0.25, 0.3) is 11.3 Å². The molecule has 1 aliphatic heterocycles. The van der Waals surface area contributed by atoms with Gasteiger partial charge in [0.25, 0.3) is 5.91 Å². The number of hydrogen-bond donors (Lipinski definition) is 1. The Kier molecular flexibility index (Phi) is 6.60. The summed E-state index contributed by atoms with van der Waals surface area (Å²) in [6.07, 6.45) is 0. The molecule has 0 fully saturated rings. The van der Waals surface area contributed by atoms with E-state index in [0.717, 1.165) is 16.8 Å². The van der Waals surface area contributed by atoms with Crippen LogP contribution in [0, 0.1) is 6.92 Å². The second-order valence-electron chi connectivity index (χ2n) is 8.33. The summed E-state index contributed by atoms with van der Waals surface area (Å²) >= 11 is 1.48. The summed E-state index contributed by atoms with van der Waals surface area (Å²) in [7, 11) is 0. The third kappa shape index (κ3) is 4.63. The summed E-state index contributed by atoms with van der Waals surface area (Å²) in [5, 5.41) is 9.69. The van der Waals surface area contributed by atoms with E-state index in [9.17, 15) is 9.59 Å². The molecule has 1 aromatic heterocycles. The van der Waals surface area contributed by atoms with Crippen LogP contribution in [-0.2, 0) is 9.59 Å². The molecule has 0 unspecified atom stereocenters. The zero-order valence-electron chi connectivity index (χ0n) is 20.0.